The highest BCUT2D eigenvalue weighted by atomic mass is 16.5. The monoisotopic (exact) mass is 988 g/mol. The van der Waals surface area contributed by atoms with Crippen molar-refractivity contribution in [2.45, 2.75) is 91.8 Å². The maximum atomic E-state index is 13.6. The number of methoxy groups -OCH3 is 1. The summed E-state index contributed by atoms with van der Waals surface area (Å²) in [6.45, 7) is 13.2. The van der Waals surface area contributed by atoms with E-state index in [0.29, 0.717) is 46.6 Å². The molecule has 5 aromatic carbocycles. The molecule has 3 N–H and O–H groups in total. The first-order chi connectivity index (χ1) is 35.8. The standard InChI is InChI=1S/C32H32N2O4.C25H28N2O3.C6H4/c1-5-34-21-25(26-13-9-10-14-29(26)34)20-28(32(36)37-4)33-31(35)27-19-24(17-18-30(27)38-22(2)3)16-15-23-11-7-6-8-12-23;1-5-18-10-9-12-22(24(18)30-17(3)4)25(29)26-20(16-28)14-19-15-27(6-2)23-13-8-7-11-21(19)23;1-2-5-4-6(5)3-1/h6-14,17-19,21-22,28H,5,20H2,1-4H3,(H,33,35);1,7-13,15,17,20,28H,6,14,16H2,2-4H3,(H,26,29);1-4H/t;20-;/m.1./s1. The maximum Gasteiger partial charge on any atom is 0.328 e. The molecule has 0 fully saturated rings. The molecule has 2 aromatic heterocycles. The number of hydrogen-bond donors (Lipinski definition) is 3. The van der Waals surface area contributed by atoms with E-state index in [4.69, 9.17) is 20.6 Å². The van der Waals surface area contributed by atoms with Gasteiger partial charge in [-0.05, 0) is 131 Å². The Bertz CT molecular complexity index is 3330. The Morgan fingerprint density at radius 2 is 1.19 bits per heavy atom. The molecule has 7 aromatic rings. The predicted octanol–water partition coefficient (Wildman–Crippen LogP) is 10.8. The van der Waals surface area contributed by atoms with Gasteiger partial charge in [-0.15, -0.1) is 6.42 Å². The van der Waals surface area contributed by atoms with Crippen LogP contribution in [0.1, 0.15) is 90.1 Å². The van der Waals surface area contributed by atoms with Gasteiger partial charge in [0.2, 0.25) is 0 Å². The van der Waals surface area contributed by atoms with Crippen molar-refractivity contribution in [2.24, 2.45) is 0 Å². The summed E-state index contributed by atoms with van der Waals surface area (Å²) in [5, 5.41) is 18.0. The van der Waals surface area contributed by atoms with Crippen LogP contribution in [0.5, 0.6) is 11.5 Å². The highest BCUT2D eigenvalue weighted by Crippen LogP contribution is 2.33. The third-order valence-electron chi connectivity index (χ3n) is 12.3. The lowest BCUT2D eigenvalue weighted by atomic mass is 10.0. The number of hydrogen-bond acceptors (Lipinski definition) is 7. The van der Waals surface area contributed by atoms with Crippen LogP contribution < -0.4 is 20.1 Å². The molecule has 0 bridgehead atoms. The van der Waals surface area contributed by atoms with Crippen molar-refractivity contribution >= 4 is 39.6 Å². The van der Waals surface area contributed by atoms with Gasteiger partial charge in [-0.3, -0.25) is 9.59 Å². The van der Waals surface area contributed by atoms with Gasteiger partial charge < -0.3 is 39.1 Å². The van der Waals surface area contributed by atoms with Crippen LogP contribution in [0.2, 0.25) is 0 Å². The Balaban J connectivity index is 0.000000197. The minimum absolute atomic E-state index is 0.125. The van der Waals surface area contributed by atoms with E-state index in [9.17, 15) is 19.5 Å². The molecule has 0 aliphatic heterocycles. The molecular formula is C63H64N4O7. The number of aliphatic hydroxyl groups is 1. The molecule has 0 radical (unpaired) electrons. The van der Waals surface area contributed by atoms with E-state index >= 15 is 0 Å². The number of aliphatic hydroxyl groups excluding tert-OH is 1. The van der Waals surface area contributed by atoms with E-state index in [-0.39, 0.29) is 24.7 Å². The maximum absolute atomic E-state index is 13.6. The number of carbonyl (C=O) groups excluding carboxylic acids is 3. The molecule has 0 spiro atoms. The largest absolute Gasteiger partial charge is 0.490 e. The number of nitrogens with one attached hydrogen (secondary N) is 2. The van der Waals surface area contributed by atoms with E-state index in [2.05, 4.69) is 94.0 Å². The number of benzene rings is 6. The second-order valence-electron chi connectivity index (χ2n) is 18.3. The first kappa shape index (κ1) is 53.3. The van der Waals surface area contributed by atoms with E-state index < -0.39 is 24.0 Å². The highest BCUT2D eigenvalue weighted by Gasteiger charge is 2.27. The summed E-state index contributed by atoms with van der Waals surface area (Å²) in [5.41, 5.74) is 9.87. The summed E-state index contributed by atoms with van der Waals surface area (Å²) in [7, 11) is 1.32. The minimum Gasteiger partial charge on any atom is -0.490 e. The highest BCUT2D eigenvalue weighted by molar-refractivity contribution is 6.00. The van der Waals surface area contributed by atoms with Gasteiger partial charge in [0.25, 0.3) is 11.8 Å². The Morgan fingerprint density at radius 3 is 1.73 bits per heavy atom. The molecule has 2 aliphatic rings. The normalized spacial score (nSPS) is 11.7. The fourth-order valence-electron chi connectivity index (χ4n) is 8.65. The molecule has 0 saturated heterocycles. The summed E-state index contributed by atoms with van der Waals surface area (Å²) in [6, 6.07) is 43.4. The van der Waals surface area contributed by atoms with Gasteiger partial charge >= 0.3 is 5.97 Å². The molecule has 11 heteroatoms. The number of ether oxygens (including phenoxy) is 3. The fraction of sp³-hybridized carbons (Fsp3) is 0.254. The molecule has 1 unspecified atom stereocenters. The molecule has 74 heavy (non-hydrogen) atoms. The van der Waals surface area contributed by atoms with E-state index in [0.717, 1.165) is 51.6 Å². The third kappa shape index (κ3) is 13.5. The average molecular weight is 989 g/mol. The summed E-state index contributed by atoms with van der Waals surface area (Å²) in [4.78, 5) is 39.4. The van der Waals surface area contributed by atoms with Gasteiger partial charge in [0.1, 0.15) is 17.5 Å². The van der Waals surface area contributed by atoms with Crippen molar-refractivity contribution in [3.05, 3.63) is 191 Å². The zero-order valence-corrected chi connectivity index (χ0v) is 43.1. The van der Waals surface area contributed by atoms with Gasteiger partial charge in [0, 0.05) is 64.8 Å². The molecule has 2 atom stereocenters. The number of carbonyl (C=O) groups is 3. The van der Waals surface area contributed by atoms with Crippen molar-refractivity contribution in [1.29, 1.82) is 0 Å². The van der Waals surface area contributed by atoms with Crippen LogP contribution in [-0.4, -0.2) is 70.0 Å². The van der Waals surface area contributed by atoms with Crippen LogP contribution in [0.3, 0.4) is 0 Å². The number of nitrogens with zero attached hydrogens (tertiary/aromatic N) is 2. The summed E-state index contributed by atoms with van der Waals surface area (Å²) < 4.78 is 21.1. The van der Waals surface area contributed by atoms with Gasteiger partial charge in [0.05, 0.1) is 48.7 Å². The Hall–Kier alpha value is -8.51. The van der Waals surface area contributed by atoms with Gasteiger partial charge in [-0.2, -0.15) is 0 Å². The summed E-state index contributed by atoms with van der Waals surface area (Å²) >= 11 is 0. The van der Waals surface area contributed by atoms with Crippen LogP contribution >= 0.6 is 0 Å². The zero-order chi connectivity index (χ0) is 52.7. The lowest BCUT2D eigenvalue weighted by Crippen LogP contribution is -2.43. The van der Waals surface area contributed by atoms with Crippen molar-refractivity contribution in [1.82, 2.24) is 19.8 Å². The van der Waals surface area contributed by atoms with Crippen LogP contribution in [0.25, 0.3) is 32.9 Å². The van der Waals surface area contributed by atoms with Crippen LogP contribution in [0, 0.1) is 24.2 Å². The van der Waals surface area contributed by atoms with Gasteiger partial charge in [-0.25, -0.2) is 4.79 Å². The topological polar surface area (TPSA) is 133 Å². The number of para-hydroxylation sites is 3. The number of aromatic nitrogens is 2. The Labute approximate surface area is 434 Å². The molecule has 378 valence electrons. The molecule has 9 rings (SSSR count). The molecule has 2 aliphatic carbocycles. The van der Waals surface area contributed by atoms with Crippen LogP contribution in [0.4, 0.5) is 0 Å². The number of fused-ring (bicyclic) bond motifs is 3. The van der Waals surface area contributed by atoms with Crippen LogP contribution in [-0.2, 0) is 35.5 Å². The molecule has 0 saturated carbocycles. The number of terminal acetylenes is 1. The third-order valence-corrected chi connectivity index (χ3v) is 12.3. The lowest BCUT2D eigenvalue weighted by Gasteiger charge is -2.19. The van der Waals surface area contributed by atoms with Gasteiger partial charge in [0.15, 0.2) is 0 Å². The van der Waals surface area contributed by atoms with E-state index in [1.807, 2.05) is 107 Å². The molecule has 2 amide bonds. The fourth-order valence-corrected chi connectivity index (χ4v) is 8.65. The number of aryl methyl sites for hydroxylation is 2. The zero-order valence-electron chi connectivity index (χ0n) is 43.1. The average Bonchev–Trinajstić information content (AvgIpc) is 3.66. The number of esters is 1. The smallest absolute Gasteiger partial charge is 0.328 e. The predicted molar refractivity (Wildman–Crippen MR) is 294 cm³/mol. The molecule has 11 nitrogen and oxygen atoms in total. The SMILES string of the molecule is C#Cc1cccc(C(=O)N[C@@H](CO)Cc2cn(CC)c3ccccc23)c1OC(C)C.CCn1cc(CC(NC(=O)c2cc(C#Cc3ccccc3)ccc2OC(C)C)C(=O)OC)c2ccccc21.c1cc2cc-2c1. The first-order valence-corrected chi connectivity index (χ1v) is 25.0. The Kier molecular flexibility index (Phi) is 18.2. The summed E-state index contributed by atoms with van der Waals surface area (Å²) in [6.07, 6.45) is 10.3. The van der Waals surface area contributed by atoms with E-state index in [1.54, 1.807) is 30.3 Å². The van der Waals surface area contributed by atoms with E-state index in [1.165, 1.54) is 18.2 Å². The van der Waals surface area contributed by atoms with Crippen LogP contribution in [0.15, 0.2) is 152 Å². The minimum atomic E-state index is -0.880. The quantitative estimate of drug-likeness (QED) is 0.0649. The summed E-state index contributed by atoms with van der Waals surface area (Å²) in [5.74, 6) is 8.36. The molecular weight excluding hydrogens is 925 g/mol. The number of amides is 2. The van der Waals surface area contributed by atoms with Crippen molar-refractivity contribution in [3.63, 3.8) is 0 Å². The second-order valence-corrected chi connectivity index (χ2v) is 18.3. The van der Waals surface area contributed by atoms with Crippen molar-refractivity contribution in [2.75, 3.05) is 13.7 Å². The second kappa shape index (κ2) is 25.2. The first-order valence-electron chi connectivity index (χ1n) is 25.0. The Morgan fingerprint density at radius 1 is 0.622 bits per heavy atom. The number of rotatable bonds is 16. The van der Waals surface area contributed by atoms with Crippen molar-refractivity contribution < 1.29 is 33.7 Å². The van der Waals surface area contributed by atoms with Crippen molar-refractivity contribution in [3.8, 4) is 46.8 Å². The lowest BCUT2D eigenvalue weighted by molar-refractivity contribution is -0.142. The molecule has 2 heterocycles. The van der Waals surface area contributed by atoms with Gasteiger partial charge in [-0.1, -0.05) is 96.6 Å².